The van der Waals surface area contributed by atoms with E-state index in [9.17, 15) is 13.5 Å². The third-order valence-electron chi connectivity index (χ3n) is 3.21. The smallest absolute Gasteiger partial charge is 0.212 e. The van der Waals surface area contributed by atoms with Crippen LogP contribution in [0, 0.1) is 5.92 Å². The molecule has 2 atom stereocenters. The molecule has 0 bridgehead atoms. The van der Waals surface area contributed by atoms with E-state index in [1.807, 2.05) is 0 Å². The molecule has 0 heterocycles. The summed E-state index contributed by atoms with van der Waals surface area (Å²) in [6, 6.07) is -0.248. The lowest BCUT2D eigenvalue weighted by atomic mass is 9.93. The third kappa shape index (κ3) is 3.43. The van der Waals surface area contributed by atoms with Gasteiger partial charge in [0.25, 0.3) is 0 Å². The zero-order valence-corrected chi connectivity index (χ0v) is 9.67. The molecule has 5 heteroatoms. The van der Waals surface area contributed by atoms with Gasteiger partial charge in [0.2, 0.25) is 10.0 Å². The largest absolute Gasteiger partial charge is 0.391 e. The van der Waals surface area contributed by atoms with Gasteiger partial charge in [0.1, 0.15) is 0 Å². The predicted octanol–water partition coefficient (Wildman–Crippen LogP) is 0.619. The Morgan fingerprint density at radius 2 is 1.80 bits per heavy atom. The standard InChI is InChI=1S/C10H19NO3S/c12-10-4-2-1-3-9(10)11-15(13,14)7-8-5-6-8/h8-12H,1-7H2/t9-,10-/m0/s1. The molecule has 0 spiro atoms. The second-order valence-corrected chi connectivity index (χ2v) is 6.60. The molecule has 2 aliphatic rings. The minimum atomic E-state index is -3.16. The van der Waals surface area contributed by atoms with Crippen LogP contribution in [0.4, 0.5) is 0 Å². The first kappa shape index (κ1) is 11.4. The van der Waals surface area contributed by atoms with Crippen molar-refractivity contribution in [3.63, 3.8) is 0 Å². The van der Waals surface area contributed by atoms with Crippen LogP contribution in [-0.4, -0.2) is 31.4 Å². The average Bonchev–Trinajstić information content (AvgIpc) is 2.91. The van der Waals surface area contributed by atoms with Crippen LogP contribution in [0.1, 0.15) is 38.5 Å². The van der Waals surface area contributed by atoms with Gasteiger partial charge in [-0.3, -0.25) is 0 Å². The van der Waals surface area contributed by atoms with Gasteiger partial charge in [0.05, 0.1) is 11.9 Å². The molecule has 88 valence electrons. The molecule has 2 rings (SSSR count). The molecule has 0 aliphatic heterocycles. The van der Waals surface area contributed by atoms with Gasteiger partial charge >= 0.3 is 0 Å². The first-order chi connectivity index (χ1) is 7.07. The molecule has 0 radical (unpaired) electrons. The summed E-state index contributed by atoms with van der Waals surface area (Å²) in [7, 11) is -3.16. The Hall–Kier alpha value is -0.130. The highest BCUT2D eigenvalue weighted by Crippen LogP contribution is 2.30. The van der Waals surface area contributed by atoms with E-state index in [0.717, 1.165) is 38.5 Å². The molecule has 4 nitrogen and oxygen atoms in total. The van der Waals surface area contributed by atoms with Gasteiger partial charge in [-0.1, -0.05) is 12.8 Å². The van der Waals surface area contributed by atoms with Crippen LogP contribution >= 0.6 is 0 Å². The van der Waals surface area contributed by atoms with E-state index < -0.39 is 16.1 Å². The lowest BCUT2D eigenvalue weighted by Crippen LogP contribution is -2.45. The Bertz CT molecular complexity index is 311. The lowest BCUT2D eigenvalue weighted by molar-refractivity contribution is 0.101. The van der Waals surface area contributed by atoms with Gasteiger partial charge in [0, 0.05) is 6.04 Å². The number of sulfonamides is 1. The van der Waals surface area contributed by atoms with Crippen molar-refractivity contribution in [1.29, 1.82) is 0 Å². The summed E-state index contributed by atoms with van der Waals surface area (Å²) in [5, 5.41) is 9.66. The highest BCUT2D eigenvalue weighted by molar-refractivity contribution is 7.89. The second kappa shape index (κ2) is 4.39. The Labute approximate surface area is 91.1 Å². The lowest BCUT2D eigenvalue weighted by Gasteiger charge is -2.28. The Kier molecular flexibility index (Phi) is 3.33. The molecule has 0 amide bonds. The number of nitrogens with one attached hydrogen (secondary N) is 1. The van der Waals surface area contributed by atoms with Crippen LogP contribution in [0.5, 0.6) is 0 Å². The molecule has 2 saturated carbocycles. The van der Waals surface area contributed by atoms with Gasteiger partial charge in [0.15, 0.2) is 0 Å². The van der Waals surface area contributed by atoms with Crippen molar-refractivity contribution in [2.24, 2.45) is 5.92 Å². The fourth-order valence-electron chi connectivity index (χ4n) is 2.12. The Morgan fingerprint density at radius 1 is 1.13 bits per heavy atom. The monoisotopic (exact) mass is 233 g/mol. The van der Waals surface area contributed by atoms with Crippen LogP contribution in [0.3, 0.4) is 0 Å². The highest BCUT2D eigenvalue weighted by Gasteiger charge is 2.32. The summed E-state index contributed by atoms with van der Waals surface area (Å²) >= 11 is 0. The third-order valence-corrected chi connectivity index (χ3v) is 4.78. The SMILES string of the molecule is O=S(=O)(CC1CC1)N[C@H]1CCCC[C@@H]1O. The van der Waals surface area contributed by atoms with Crippen LogP contribution < -0.4 is 4.72 Å². The van der Waals surface area contributed by atoms with E-state index in [0.29, 0.717) is 5.92 Å². The topological polar surface area (TPSA) is 66.4 Å². The summed E-state index contributed by atoms with van der Waals surface area (Å²) in [5.41, 5.74) is 0. The Balaban J connectivity index is 1.88. The molecule has 0 aromatic carbocycles. The van der Waals surface area contributed by atoms with Crippen molar-refractivity contribution in [2.75, 3.05) is 5.75 Å². The second-order valence-electron chi connectivity index (χ2n) is 4.80. The maximum absolute atomic E-state index is 11.7. The van der Waals surface area contributed by atoms with Crippen LogP contribution in [0.25, 0.3) is 0 Å². The average molecular weight is 233 g/mol. The van der Waals surface area contributed by atoms with Gasteiger partial charge in [-0.25, -0.2) is 13.1 Å². The van der Waals surface area contributed by atoms with Gasteiger partial charge in [-0.2, -0.15) is 0 Å². The minimum absolute atomic E-state index is 0.246. The van der Waals surface area contributed by atoms with Crippen molar-refractivity contribution >= 4 is 10.0 Å². The molecule has 2 aliphatic carbocycles. The summed E-state index contributed by atoms with van der Waals surface area (Å²) in [5.74, 6) is 0.610. The van der Waals surface area contributed by atoms with Crippen molar-refractivity contribution in [3.05, 3.63) is 0 Å². The fourth-order valence-corrected chi connectivity index (χ4v) is 3.91. The molecule has 0 saturated heterocycles. The molecule has 0 aromatic heterocycles. The van der Waals surface area contributed by atoms with Gasteiger partial charge < -0.3 is 5.11 Å². The van der Waals surface area contributed by atoms with Crippen molar-refractivity contribution in [2.45, 2.75) is 50.7 Å². The maximum atomic E-state index is 11.7. The molecule has 0 aromatic rings. The van der Waals surface area contributed by atoms with E-state index in [4.69, 9.17) is 0 Å². The normalized spacial score (nSPS) is 32.9. The van der Waals surface area contributed by atoms with E-state index in [-0.39, 0.29) is 11.8 Å². The highest BCUT2D eigenvalue weighted by atomic mass is 32.2. The molecule has 2 fully saturated rings. The van der Waals surface area contributed by atoms with E-state index in [1.165, 1.54) is 0 Å². The van der Waals surface area contributed by atoms with E-state index in [2.05, 4.69) is 4.72 Å². The van der Waals surface area contributed by atoms with Gasteiger partial charge in [-0.15, -0.1) is 0 Å². The number of aliphatic hydroxyl groups excluding tert-OH is 1. The molecular weight excluding hydrogens is 214 g/mol. The summed E-state index contributed by atoms with van der Waals surface area (Å²) in [6.07, 6.45) is 5.08. The number of rotatable bonds is 4. The minimum Gasteiger partial charge on any atom is -0.391 e. The molecule has 2 N–H and O–H groups in total. The van der Waals surface area contributed by atoms with Crippen LogP contribution in [0.15, 0.2) is 0 Å². The zero-order valence-electron chi connectivity index (χ0n) is 8.85. The van der Waals surface area contributed by atoms with E-state index >= 15 is 0 Å². The van der Waals surface area contributed by atoms with Gasteiger partial charge in [-0.05, 0) is 31.6 Å². The Morgan fingerprint density at radius 3 is 2.40 bits per heavy atom. The maximum Gasteiger partial charge on any atom is 0.212 e. The van der Waals surface area contributed by atoms with Crippen molar-refractivity contribution < 1.29 is 13.5 Å². The molecule has 0 unspecified atom stereocenters. The molecule has 15 heavy (non-hydrogen) atoms. The number of hydrogen-bond acceptors (Lipinski definition) is 3. The van der Waals surface area contributed by atoms with Crippen LogP contribution in [0.2, 0.25) is 0 Å². The number of hydrogen-bond donors (Lipinski definition) is 2. The van der Waals surface area contributed by atoms with E-state index in [1.54, 1.807) is 0 Å². The first-order valence-electron chi connectivity index (χ1n) is 5.75. The van der Waals surface area contributed by atoms with Crippen molar-refractivity contribution in [3.8, 4) is 0 Å². The zero-order chi connectivity index (χ0) is 10.9. The first-order valence-corrected chi connectivity index (χ1v) is 7.40. The summed E-state index contributed by atoms with van der Waals surface area (Å²) in [6.45, 7) is 0. The quantitative estimate of drug-likeness (QED) is 0.748. The fraction of sp³-hybridized carbons (Fsp3) is 1.00. The number of aliphatic hydroxyl groups is 1. The van der Waals surface area contributed by atoms with Crippen LogP contribution in [-0.2, 0) is 10.0 Å². The molecular formula is C10H19NO3S. The van der Waals surface area contributed by atoms with Crippen molar-refractivity contribution in [1.82, 2.24) is 4.72 Å². The predicted molar refractivity (Wildman–Crippen MR) is 57.9 cm³/mol. The summed E-state index contributed by atoms with van der Waals surface area (Å²) < 4.78 is 26.0. The summed E-state index contributed by atoms with van der Waals surface area (Å²) in [4.78, 5) is 0.